The number of hydrogen-bond donors (Lipinski definition) is 1. The van der Waals surface area contributed by atoms with Crippen LogP contribution in [-0.2, 0) is 11.2 Å². The maximum absolute atomic E-state index is 12.3. The number of likely N-dealkylation sites (tertiary alicyclic amines) is 1. The van der Waals surface area contributed by atoms with Gasteiger partial charge >= 0.3 is 0 Å². The number of carbonyl (C=O) groups is 1. The SMILES string of the molecule is O=C(CCc1ccccc1)NCC(c1ccco1)N1CCCCCC1. The van der Waals surface area contributed by atoms with Crippen LogP contribution in [-0.4, -0.2) is 30.4 Å². The molecule has 0 bridgehead atoms. The van der Waals surface area contributed by atoms with Crippen molar-refractivity contribution in [3.63, 3.8) is 0 Å². The number of amides is 1. The molecule has 25 heavy (non-hydrogen) atoms. The fraction of sp³-hybridized carbons (Fsp3) is 0.476. The summed E-state index contributed by atoms with van der Waals surface area (Å²) in [4.78, 5) is 14.7. The predicted molar refractivity (Wildman–Crippen MR) is 99.3 cm³/mol. The Morgan fingerprint density at radius 2 is 1.80 bits per heavy atom. The number of nitrogens with one attached hydrogen (secondary N) is 1. The summed E-state index contributed by atoms with van der Waals surface area (Å²) in [5.41, 5.74) is 1.20. The molecule has 4 heteroatoms. The lowest BCUT2D eigenvalue weighted by molar-refractivity contribution is -0.121. The van der Waals surface area contributed by atoms with Crippen molar-refractivity contribution in [3.8, 4) is 0 Å². The van der Waals surface area contributed by atoms with Gasteiger partial charge in [-0.05, 0) is 50.0 Å². The Morgan fingerprint density at radius 3 is 2.48 bits per heavy atom. The molecule has 0 aliphatic carbocycles. The van der Waals surface area contributed by atoms with Crippen LogP contribution in [0, 0.1) is 0 Å². The van der Waals surface area contributed by atoms with Crippen molar-refractivity contribution in [2.24, 2.45) is 0 Å². The van der Waals surface area contributed by atoms with Crippen molar-refractivity contribution >= 4 is 5.91 Å². The standard InChI is InChI=1S/C21H28N2O2/c24-21(13-12-18-9-4-3-5-10-18)22-17-19(20-11-8-16-25-20)23-14-6-1-2-7-15-23/h3-5,8-11,16,19H,1-2,6-7,12-15,17H2,(H,22,24). The first-order valence-electron chi connectivity index (χ1n) is 9.41. The van der Waals surface area contributed by atoms with E-state index in [2.05, 4.69) is 22.3 Å². The largest absolute Gasteiger partial charge is 0.468 e. The van der Waals surface area contributed by atoms with Gasteiger partial charge in [-0.15, -0.1) is 0 Å². The Balaban J connectivity index is 1.54. The number of carbonyl (C=O) groups excluding carboxylic acids is 1. The van der Waals surface area contributed by atoms with E-state index in [1.54, 1.807) is 6.26 Å². The van der Waals surface area contributed by atoms with E-state index in [1.807, 2.05) is 30.3 Å². The lowest BCUT2D eigenvalue weighted by atomic mass is 10.1. The topological polar surface area (TPSA) is 45.5 Å². The van der Waals surface area contributed by atoms with Gasteiger partial charge in [0.05, 0.1) is 12.3 Å². The molecule has 4 nitrogen and oxygen atoms in total. The Bertz CT molecular complexity index is 617. The average molecular weight is 340 g/mol. The molecular weight excluding hydrogens is 312 g/mol. The Morgan fingerprint density at radius 1 is 1.04 bits per heavy atom. The second kappa shape index (κ2) is 9.42. The van der Waals surface area contributed by atoms with Crippen LogP contribution in [0.4, 0.5) is 0 Å². The lowest BCUT2D eigenvalue weighted by Gasteiger charge is -2.29. The number of hydrogen-bond acceptors (Lipinski definition) is 3. The lowest BCUT2D eigenvalue weighted by Crippen LogP contribution is -2.38. The van der Waals surface area contributed by atoms with Crippen LogP contribution in [0.3, 0.4) is 0 Å². The molecule has 1 saturated heterocycles. The van der Waals surface area contributed by atoms with Gasteiger partial charge in [-0.2, -0.15) is 0 Å². The fourth-order valence-corrected chi connectivity index (χ4v) is 3.50. The van der Waals surface area contributed by atoms with Gasteiger partial charge in [0, 0.05) is 13.0 Å². The molecule has 1 fully saturated rings. The van der Waals surface area contributed by atoms with Crippen molar-refractivity contribution in [3.05, 3.63) is 60.1 Å². The van der Waals surface area contributed by atoms with Gasteiger partial charge in [0.15, 0.2) is 0 Å². The monoisotopic (exact) mass is 340 g/mol. The van der Waals surface area contributed by atoms with Gasteiger partial charge in [0.2, 0.25) is 5.91 Å². The summed E-state index contributed by atoms with van der Waals surface area (Å²) in [6.07, 6.45) is 8.06. The summed E-state index contributed by atoms with van der Waals surface area (Å²) in [6, 6.07) is 14.2. The van der Waals surface area contributed by atoms with E-state index in [0.29, 0.717) is 13.0 Å². The first-order valence-corrected chi connectivity index (χ1v) is 9.41. The highest BCUT2D eigenvalue weighted by atomic mass is 16.3. The summed E-state index contributed by atoms with van der Waals surface area (Å²) >= 11 is 0. The highest BCUT2D eigenvalue weighted by molar-refractivity contribution is 5.76. The van der Waals surface area contributed by atoms with Gasteiger partial charge in [-0.25, -0.2) is 0 Å². The molecule has 0 spiro atoms. The summed E-state index contributed by atoms with van der Waals surface area (Å²) in [5.74, 6) is 1.06. The molecule has 3 rings (SSSR count). The van der Waals surface area contributed by atoms with Crippen LogP contribution in [0.2, 0.25) is 0 Å². The normalized spacial score (nSPS) is 17.0. The molecule has 0 saturated carbocycles. The third-order valence-corrected chi connectivity index (χ3v) is 4.93. The van der Waals surface area contributed by atoms with E-state index >= 15 is 0 Å². The van der Waals surface area contributed by atoms with Crippen molar-refractivity contribution in [2.45, 2.75) is 44.6 Å². The molecule has 1 N–H and O–H groups in total. The Hall–Kier alpha value is -2.07. The molecule has 1 unspecified atom stereocenters. The molecular formula is C21H28N2O2. The van der Waals surface area contributed by atoms with Crippen molar-refractivity contribution in [2.75, 3.05) is 19.6 Å². The van der Waals surface area contributed by atoms with Crippen LogP contribution in [0.5, 0.6) is 0 Å². The summed E-state index contributed by atoms with van der Waals surface area (Å²) in [6.45, 7) is 2.76. The van der Waals surface area contributed by atoms with Crippen LogP contribution in [0.15, 0.2) is 53.1 Å². The Labute approximate surface area is 150 Å². The maximum Gasteiger partial charge on any atom is 0.220 e. The van der Waals surface area contributed by atoms with E-state index in [1.165, 1.54) is 31.2 Å². The van der Waals surface area contributed by atoms with Gasteiger partial charge in [-0.3, -0.25) is 9.69 Å². The third-order valence-electron chi connectivity index (χ3n) is 4.93. The quantitative estimate of drug-likeness (QED) is 0.830. The minimum atomic E-state index is 0.107. The molecule has 2 aromatic rings. The zero-order chi connectivity index (χ0) is 17.3. The van der Waals surface area contributed by atoms with Crippen molar-refractivity contribution in [1.29, 1.82) is 0 Å². The zero-order valence-electron chi connectivity index (χ0n) is 14.8. The first-order chi connectivity index (χ1) is 12.3. The zero-order valence-corrected chi connectivity index (χ0v) is 14.8. The number of benzene rings is 1. The first kappa shape index (κ1) is 17.7. The molecule has 134 valence electrons. The maximum atomic E-state index is 12.3. The predicted octanol–water partition coefficient (Wildman–Crippen LogP) is 3.95. The number of rotatable bonds is 7. The molecule has 1 amide bonds. The minimum Gasteiger partial charge on any atom is -0.468 e. The van der Waals surface area contributed by atoms with Crippen molar-refractivity contribution < 1.29 is 9.21 Å². The van der Waals surface area contributed by atoms with E-state index in [4.69, 9.17) is 4.42 Å². The van der Waals surface area contributed by atoms with E-state index in [0.717, 1.165) is 25.3 Å². The van der Waals surface area contributed by atoms with Crippen LogP contribution in [0.1, 0.15) is 49.5 Å². The van der Waals surface area contributed by atoms with E-state index in [9.17, 15) is 4.79 Å². The smallest absolute Gasteiger partial charge is 0.220 e. The van der Waals surface area contributed by atoms with Gasteiger partial charge in [-0.1, -0.05) is 43.2 Å². The molecule has 2 heterocycles. The van der Waals surface area contributed by atoms with Crippen LogP contribution >= 0.6 is 0 Å². The summed E-state index contributed by atoms with van der Waals surface area (Å²) in [5, 5.41) is 3.12. The minimum absolute atomic E-state index is 0.107. The third kappa shape index (κ3) is 5.46. The highest BCUT2D eigenvalue weighted by Gasteiger charge is 2.24. The van der Waals surface area contributed by atoms with Gasteiger partial charge in [0.1, 0.15) is 5.76 Å². The number of aryl methyl sites for hydroxylation is 1. The van der Waals surface area contributed by atoms with E-state index < -0.39 is 0 Å². The molecule has 1 aromatic carbocycles. The number of furan rings is 1. The summed E-state index contributed by atoms with van der Waals surface area (Å²) in [7, 11) is 0. The molecule has 1 aliphatic heterocycles. The average Bonchev–Trinajstić information content (AvgIpc) is 3.04. The highest BCUT2D eigenvalue weighted by Crippen LogP contribution is 2.24. The second-order valence-electron chi connectivity index (χ2n) is 6.77. The van der Waals surface area contributed by atoms with Crippen molar-refractivity contribution in [1.82, 2.24) is 10.2 Å². The number of nitrogens with zero attached hydrogens (tertiary/aromatic N) is 1. The van der Waals surface area contributed by atoms with Gasteiger partial charge in [0.25, 0.3) is 0 Å². The molecule has 1 aromatic heterocycles. The Kier molecular flexibility index (Phi) is 6.69. The summed E-state index contributed by atoms with van der Waals surface area (Å²) < 4.78 is 5.66. The molecule has 1 atom stereocenters. The second-order valence-corrected chi connectivity index (χ2v) is 6.77. The molecule has 0 radical (unpaired) electrons. The van der Waals surface area contributed by atoms with E-state index in [-0.39, 0.29) is 11.9 Å². The van der Waals surface area contributed by atoms with Crippen LogP contribution in [0.25, 0.3) is 0 Å². The van der Waals surface area contributed by atoms with Crippen LogP contribution < -0.4 is 5.32 Å². The molecule has 1 aliphatic rings. The fourth-order valence-electron chi connectivity index (χ4n) is 3.50. The van der Waals surface area contributed by atoms with Gasteiger partial charge < -0.3 is 9.73 Å².